The van der Waals surface area contributed by atoms with E-state index in [1.807, 2.05) is 6.07 Å². The molecule has 8 nitrogen and oxygen atoms in total. The van der Waals surface area contributed by atoms with E-state index >= 15 is 0 Å². The first-order chi connectivity index (χ1) is 17.4. The molecule has 5 rings (SSSR count). The third-order valence-corrected chi connectivity index (χ3v) is 7.51. The number of ether oxygens (including phenoxy) is 1. The number of rotatable bonds is 8. The highest BCUT2D eigenvalue weighted by atomic mass is 35.5. The van der Waals surface area contributed by atoms with E-state index in [2.05, 4.69) is 50.2 Å². The predicted octanol–water partition coefficient (Wildman–Crippen LogP) is 4.43. The zero-order valence-corrected chi connectivity index (χ0v) is 20.3. The molecule has 2 aromatic rings. The molecule has 1 aromatic heterocycles. The summed E-state index contributed by atoms with van der Waals surface area (Å²) in [5.74, 6) is 1.12. The van der Waals surface area contributed by atoms with Crippen LogP contribution in [0.4, 0.5) is 31.0 Å². The molecule has 5 atom stereocenters. The Bertz CT molecular complexity index is 1150. The van der Waals surface area contributed by atoms with Crippen LogP contribution in [0.2, 0.25) is 5.02 Å². The quantitative estimate of drug-likeness (QED) is 0.302. The fourth-order valence-corrected chi connectivity index (χ4v) is 5.67. The first-order valence-electron chi connectivity index (χ1n) is 12.2. The van der Waals surface area contributed by atoms with Crippen molar-refractivity contribution in [1.29, 1.82) is 0 Å². The maximum absolute atomic E-state index is 12.6. The van der Waals surface area contributed by atoms with Crippen LogP contribution in [-0.4, -0.2) is 47.2 Å². The molecule has 1 unspecified atom stereocenters. The van der Waals surface area contributed by atoms with Crippen molar-refractivity contribution in [2.75, 3.05) is 17.2 Å². The number of alkyl halides is 2. The van der Waals surface area contributed by atoms with Crippen LogP contribution in [0.25, 0.3) is 0 Å². The van der Waals surface area contributed by atoms with E-state index in [1.165, 1.54) is 17.3 Å². The third kappa shape index (κ3) is 5.54. The molecular formula is C25H29ClF2N6O2. The number of aryl methyl sites for hydroxylation is 2. The van der Waals surface area contributed by atoms with Gasteiger partial charge in [-0.25, -0.2) is 18.6 Å². The number of halogens is 3. The van der Waals surface area contributed by atoms with Gasteiger partial charge in [0.1, 0.15) is 11.1 Å². The molecule has 1 fully saturated rings. The number of nitrogens with two attached hydrogens (primary N) is 1. The van der Waals surface area contributed by atoms with Crippen molar-refractivity contribution < 1.29 is 18.3 Å². The number of fused-ring (bicyclic) bond motifs is 3. The molecule has 11 heteroatoms. The largest absolute Gasteiger partial charge is 0.444 e. The first kappa shape index (κ1) is 24.7. The molecule has 192 valence electrons. The van der Waals surface area contributed by atoms with Gasteiger partial charge in [0.05, 0.1) is 18.8 Å². The Morgan fingerprint density at radius 1 is 1.19 bits per heavy atom. The summed E-state index contributed by atoms with van der Waals surface area (Å²) in [4.78, 5) is 20.3. The minimum atomic E-state index is -2.34. The fraction of sp³-hybridized carbons (Fsp3) is 0.480. The second-order valence-corrected chi connectivity index (χ2v) is 10.00. The SMILES string of the molecule is NC(=O)O[C@@H]1[C@H](Nc2nc(Nc3ccc4c(c3)CCC(NCC(F)F)CC4)ncc2Cl)[C@H]2C=C[C@@H]1C2. The van der Waals surface area contributed by atoms with E-state index in [9.17, 15) is 13.6 Å². The van der Waals surface area contributed by atoms with Crippen LogP contribution in [-0.2, 0) is 17.6 Å². The maximum Gasteiger partial charge on any atom is 0.404 e. The average Bonchev–Trinajstić information content (AvgIpc) is 3.37. The van der Waals surface area contributed by atoms with Crippen LogP contribution in [0.15, 0.2) is 36.5 Å². The number of benzene rings is 1. The normalized spacial score (nSPS) is 26.5. The summed E-state index contributed by atoms with van der Waals surface area (Å²) in [6.07, 6.45) is 6.32. The molecule has 5 N–H and O–H groups in total. The lowest BCUT2D eigenvalue weighted by Crippen LogP contribution is -2.41. The van der Waals surface area contributed by atoms with E-state index in [0.717, 1.165) is 37.8 Å². The molecule has 1 aromatic carbocycles. The number of hydrogen-bond acceptors (Lipinski definition) is 7. The van der Waals surface area contributed by atoms with Gasteiger partial charge in [0.25, 0.3) is 6.43 Å². The molecule has 1 heterocycles. The van der Waals surface area contributed by atoms with Gasteiger partial charge < -0.3 is 26.4 Å². The van der Waals surface area contributed by atoms with Gasteiger partial charge in [0.15, 0.2) is 5.82 Å². The number of hydrogen-bond donors (Lipinski definition) is 4. The zero-order chi connectivity index (χ0) is 25.2. The van der Waals surface area contributed by atoms with Gasteiger partial charge in [-0.2, -0.15) is 4.98 Å². The number of nitrogens with one attached hydrogen (secondary N) is 3. The minimum absolute atomic E-state index is 0.0825. The smallest absolute Gasteiger partial charge is 0.404 e. The highest BCUT2D eigenvalue weighted by molar-refractivity contribution is 6.32. The van der Waals surface area contributed by atoms with E-state index in [1.54, 1.807) is 0 Å². The Hall–Kier alpha value is -2.98. The fourth-order valence-electron chi connectivity index (χ4n) is 5.52. The highest BCUT2D eigenvalue weighted by Crippen LogP contribution is 2.43. The minimum Gasteiger partial charge on any atom is -0.444 e. The Kier molecular flexibility index (Phi) is 7.25. The summed E-state index contributed by atoms with van der Waals surface area (Å²) in [7, 11) is 0. The molecule has 0 aliphatic heterocycles. The van der Waals surface area contributed by atoms with Crippen LogP contribution in [0.1, 0.15) is 30.4 Å². The predicted molar refractivity (Wildman–Crippen MR) is 134 cm³/mol. The van der Waals surface area contributed by atoms with Crippen molar-refractivity contribution in [3.05, 3.63) is 52.7 Å². The van der Waals surface area contributed by atoms with E-state index < -0.39 is 12.5 Å². The Labute approximate surface area is 213 Å². The molecular weight excluding hydrogens is 490 g/mol. The van der Waals surface area contributed by atoms with Crippen LogP contribution in [0.3, 0.4) is 0 Å². The van der Waals surface area contributed by atoms with Crippen molar-refractivity contribution in [2.45, 2.75) is 56.7 Å². The molecule has 3 aliphatic carbocycles. The van der Waals surface area contributed by atoms with Gasteiger partial charge in [-0.05, 0) is 55.4 Å². The summed E-state index contributed by atoms with van der Waals surface area (Å²) < 4.78 is 30.5. The van der Waals surface area contributed by atoms with Gasteiger partial charge in [-0.1, -0.05) is 29.8 Å². The standard InChI is InChI=1S/C25H29ClF2N6O2/c26-19-11-31-25(34-23(19)33-21-15-1-2-16(9-15)22(21)36-24(29)35)32-18-8-4-13-3-6-17(30-12-20(27)28)7-5-14(13)10-18/h1-2,4,8,10-11,15-17,20-22,30H,3,5-7,9,12H2,(H2,29,35)(H2,31,32,33,34)/t15-,16+,17?,21+,22-/m0/s1. The lowest BCUT2D eigenvalue weighted by Gasteiger charge is -2.28. The van der Waals surface area contributed by atoms with Crippen LogP contribution in [0, 0.1) is 11.8 Å². The van der Waals surface area contributed by atoms with Crippen molar-refractivity contribution in [3.63, 3.8) is 0 Å². The van der Waals surface area contributed by atoms with Crippen molar-refractivity contribution in [1.82, 2.24) is 15.3 Å². The zero-order valence-electron chi connectivity index (χ0n) is 19.6. The summed E-state index contributed by atoms with van der Waals surface area (Å²) >= 11 is 6.39. The molecule has 3 aliphatic rings. The summed E-state index contributed by atoms with van der Waals surface area (Å²) in [5.41, 5.74) is 8.53. The van der Waals surface area contributed by atoms with Gasteiger partial charge >= 0.3 is 6.09 Å². The first-order valence-corrected chi connectivity index (χ1v) is 12.6. The van der Waals surface area contributed by atoms with Gasteiger partial charge in [0.2, 0.25) is 5.95 Å². The number of aromatic nitrogens is 2. The number of carbonyl (C=O) groups is 1. The second kappa shape index (κ2) is 10.6. The third-order valence-electron chi connectivity index (χ3n) is 7.23. The number of amides is 1. The lowest BCUT2D eigenvalue weighted by atomic mass is 9.98. The lowest BCUT2D eigenvalue weighted by molar-refractivity contribution is 0.0853. The van der Waals surface area contributed by atoms with E-state index in [4.69, 9.17) is 22.1 Å². The number of primary amides is 1. The summed E-state index contributed by atoms with van der Waals surface area (Å²) in [6, 6.07) is 5.99. The van der Waals surface area contributed by atoms with E-state index in [-0.39, 0.29) is 36.6 Å². The molecule has 0 radical (unpaired) electrons. The van der Waals surface area contributed by atoms with Gasteiger partial charge in [0, 0.05) is 23.6 Å². The maximum atomic E-state index is 12.6. The van der Waals surface area contributed by atoms with Crippen LogP contribution >= 0.6 is 11.6 Å². The van der Waals surface area contributed by atoms with E-state index in [0.29, 0.717) is 16.8 Å². The topological polar surface area (TPSA) is 114 Å². The Morgan fingerprint density at radius 3 is 2.75 bits per heavy atom. The summed E-state index contributed by atoms with van der Waals surface area (Å²) in [6.45, 7) is -0.272. The highest BCUT2D eigenvalue weighted by Gasteiger charge is 2.47. The molecule has 1 amide bonds. The summed E-state index contributed by atoms with van der Waals surface area (Å²) in [5, 5.41) is 9.91. The molecule has 0 spiro atoms. The van der Waals surface area contributed by atoms with Crippen LogP contribution in [0.5, 0.6) is 0 Å². The number of anilines is 3. The van der Waals surface area contributed by atoms with Crippen LogP contribution < -0.4 is 21.7 Å². The molecule has 1 saturated carbocycles. The monoisotopic (exact) mass is 518 g/mol. The van der Waals surface area contributed by atoms with Gasteiger partial charge in [-0.15, -0.1) is 0 Å². The second-order valence-electron chi connectivity index (χ2n) is 9.59. The molecule has 36 heavy (non-hydrogen) atoms. The average molecular weight is 519 g/mol. The number of carbonyl (C=O) groups excluding carboxylic acids is 1. The van der Waals surface area contributed by atoms with Crippen molar-refractivity contribution >= 4 is 35.1 Å². The molecule has 0 saturated heterocycles. The Balaban J connectivity index is 1.27. The Morgan fingerprint density at radius 2 is 1.97 bits per heavy atom. The van der Waals surface area contributed by atoms with Crippen molar-refractivity contribution in [2.24, 2.45) is 17.6 Å². The number of nitrogens with zero attached hydrogens (tertiary/aromatic N) is 2. The van der Waals surface area contributed by atoms with Crippen molar-refractivity contribution in [3.8, 4) is 0 Å². The molecule has 2 bridgehead atoms. The van der Waals surface area contributed by atoms with Gasteiger partial charge in [-0.3, -0.25) is 0 Å².